The summed E-state index contributed by atoms with van der Waals surface area (Å²) >= 11 is 0. The van der Waals surface area contributed by atoms with Crippen molar-refractivity contribution in [2.24, 2.45) is 0 Å². The summed E-state index contributed by atoms with van der Waals surface area (Å²) in [4.78, 5) is 15.4. The number of halogens is 4. The van der Waals surface area contributed by atoms with Crippen LogP contribution in [-0.4, -0.2) is 31.7 Å². The van der Waals surface area contributed by atoms with Crippen molar-refractivity contribution in [2.45, 2.75) is 24.9 Å². The number of nitrogens with zero attached hydrogens (tertiary/aromatic N) is 1. The average molecular weight is 327 g/mol. The summed E-state index contributed by atoms with van der Waals surface area (Å²) in [5, 5.41) is 2.87. The third kappa shape index (κ3) is 4.07. The second kappa shape index (κ2) is 7.61. The molecule has 0 saturated heterocycles. The van der Waals surface area contributed by atoms with Crippen LogP contribution in [0.5, 0.6) is 0 Å². The number of hydrogen-bond acceptors (Lipinski definition) is 4. The zero-order chi connectivity index (χ0) is 15.4. The molecule has 0 aliphatic heterocycles. The van der Waals surface area contributed by atoms with E-state index in [9.17, 15) is 18.0 Å². The lowest BCUT2D eigenvalue weighted by molar-refractivity contribution is -0.147. The molecule has 0 spiro atoms. The van der Waals surface area contributed by atoms with Crippen LogP contribution in [0.15, 0.2) is 18.3 Å². The lowest BCUT2D eigenvalue weighted by Crippen LogP contribution is -2.44. The van der Waals surface area contributed by atoms with Gasteiger partial charge in [-0.1, -0.05) is 13.0 Å². The van der Waals surface area contributed by atoms with Crippen molar-refractivity contribution in [3.05, 3.63) is 29.6 Å². The summed E-state index contributed by atoms with van der Waals surface area (Å²) < 4.78 is 42.3. The lowest BCUT2D eigenvalue weighted by atomic mass is 9.78. The van der Waals surface area contributed by atoms with Gasteiger partial charge in [0, 0.05) is 12.7 Å². The molecule has 1 atom stereocenters. The Morgan fingerprint density at radius 3 is 2.33 bits per heavy atom. The maximum Gasteiger partial charge on any atom is 0.433 e. The van der Waals surface area contributed by atoms with Gasteiger partial charge >= 0.3 is 12.1 Å². The van der Waals surface area contributed by atoms with Gasteiger partial charge in [-0.25, -0.2) is 0 Å². The van der Waals surface area contributed by atoms with Crippen LogP contribution in [0.1, 0.15) is 24.6 Å². The van der Waals surface area contributed by atoms with E-state index in [4.69, 9.17) is 4.74 Å². The smallest absolute Gasteiger partial charge is 0.433 e. The van der Waals surface area contributed by atoms with Gasteiger partial charge in [-0.05, 0) is 25.1 Å². The molecule has 0 bridgehead atoms. The zero-order valence-corrected chi connectivity index (χ0v) is 12.8. The molecule has 1 rings (SSSR count). The van der Waals surface area contributed by atoms with Crippen LogP contribution >= 0.6 is 12.4 Å². The number of alkyl halides is 3. The number of aromatic nitrogens is 1. The van der Waals surface area contributed by atoms with Gasteiger partial charge in [0.05, 0.1) is 7.11 Å². The Balaban J connectivity index is 0.00000400. The van der Waals surface area contributed by atoms with Gasteiger partial charge in [0.25, 0.3) is 0 Å². The van der Waals surface area contributed by atoms with E-state index in [1.165, 1.54) is 13.2 Å². The van der Waals surface area contributed by atoms with Gasteiger partial charge in [-0.2, -0.15) is 13.2 Å². The molecule has 8 heteroatoms. The highest BCUT2D eigenvalue weighted by Gasteiger charge is 2.40. The molecule has 1 N–H and O–H groups in total. The summed E-state index contributed by atoms with van der Waals surface area (Å²) in [6.45, 7) is 2.02. The number of carbonyl (C=O) groups excluding carboxylic acids is 1. The molecule has 21 heavy (non-hydrogen) atoms. The molecule has 0 aliphatic rings. The average Bonchev–Trinajstić information content (AvgIpc) is 2.43. The number of methoxy groups -OCH3 is 1. The lowest BCUT2D eigenvalue weighted by Gasteiger charge is -2.30. The number of likely N-dealkylation sites (N-methyl/N-ethyl adjacent to an activating group) is 1. The first kappa shape index (κ1) is 19.7. The van der Waals surface area contributed by atoms with Crippen LogP contribution in [-0.2, 0) is 21.1 Å². The minimum Gasteiger partial charge on any atom is -0.468 e. The highest BCUT2D eigenvalue weighted by atomic mass is 35.5. The van der Waals surface area contributed by atoms with Crippen molar-refractivity contribution in [1.82, 2.24) is 10.3 Å². The molecule has 0 radical (unpaired) electrons. The van der Waals surface area contributed by atoms with Crippen molar-refractivity contribution in [1.29, 1.82) is 0 Å². The Labute approximate surface area is 127 Å². The highest BCUT2D eigenvalue weighted by molar-refractivity contribution is 5.85. The Morgan fingerprint density at radius 1 is 1.38 bits per heavy atom. The Kier molecular flexibility index (Phi) is 7.12. The largest absolute Gasteiger partial charge is 0.468 e. The van der Waals surface area contributed by atoms with E-state index in [1.54, 1.807) is 14.0 Å². The third-order valence-electron chi connectivity index (χ3n) is 3.26. The standard InChI is InChI=1S/C13H17F3N2O2.ClH/c1-4-12(8-17-2,11(19)20-3)9-5-6-10(18-7-9)13(14,15)16;/h5-7,17H,4,8H2,1-3H3;1H. The molecule has 1 aromatic rings. The van der Waals surface area contributed by atoms with E-state index < -0.39 is 23.3 Å². The van der Waals surface area contributed by atoms with Crippen LogP contribution in [0.3, 0.4) is 0 Å². The number of pyridine rings is 1. The van der Waals surface area contributed by atoms with Crippen LogP contribution in [0.4, 0.5) is 13.2 Å². The molecule has 1 unspecified atom stereocenters. The first-order valence-electron chi connectivity index (χ1n) is 6.08. The fraction of sp³-hybridized carbons (Fsp3) is 0.538. The van der Waals surface area contributed by atoms with Gasteiger partial charge in [-0.3, -0.25) is 9.78 Å². The fourth-order valence-corrected chi connectivity index (χ4v) is 2.11. The van der Waals surface area contributed by atoms with Gasteiger partial charge in [0.1, 0.15) is 11.1 Å². The van der Waals surface area contributed by atoms with E-state index in [0.717, 1.165) is 12.3 Å². The predicted molar refractivity (Wildman–Crippen MR) is 74.4 cm³/mol. The molecule has 0 saturated carbocycles. The molecule has 0 aromatic carbocycles. The number of hydrogen-bond donors (Lipinski definition) is 1. The molecule has 0 amide bonds. The van der Waals surface area contributed by atoms with E-state index in [2.05, 4.69) is 10.3 Å². The van der Waals surface area contributed by atoms with Crippen molar-refractivity contribution < 1.29 is 22.7 Å². The van der Waals surface area contributed by atoms with Crippen molar-refractivity contribution in [3.8, 4) is 0 Å². The van der Waals surface area contributed by atoms with Crippen LogP contribution in [0.2, 0.25) is 0 Å². The normalized spacial score (nSPS) is 14.0. The molecular formula is C13H18ClF3N2O2. The van der Waals surface area contributed by atoms with E-state index >= 15 is 0 Å². The first-order chi connectivity index (χ1) is 9.31. The van der Waals surface area contributed by atoms with Crippen molar-refractivity contribution >= 4 is 18.4 Å². The monoisotopic (exact) mass is 326 g/mol. The number of rotatable bonds is 5. The minimum atomic E-state index is -4.50. The van der Waals surface area contributed by atoms with Crippen LogP contribution < -0.4 is 5.32 Å². The number of nitrogens with one attached hydrogen (secondary N) is 1. The van der Waals surface area contributed by atoms with Gasteiger partial charge in [0.2, 0.25) is 0 Å². The Hall–Kier alpha value is -1.34. The summed E-state index contributed by atoms with van der Waals surface area (Å²) in [6.07, 6.45) is -3.03. The van der Waals surface area contributed by atoms with E-state index in [-0.39, 0.29) is 19.0 Å². The maximum absolute atomic E-state index is 12.5. The third-order valence-corrected chi connectivity index (χ3v) is 3.26. The van der Waals surface area contributed by atoms with Gasteiger partial charge < -0.3 is 10.1 Å². The SMILES string of the molecule is CCC(CNC)(C(=O)OC)c1ccc(C(F)(F)F)nc1.Cl. The number of carbonyl (C=O) groups is 1. The summed E-state index contributed by atoms with van der Waals surface area (Å²) in [7, 11) is 2.91. The first-order valence-corrected chi connectivity index (χ1v) is 6.08. The summed E-state index contributed by atoms with van der Waals surface area (Å²) in [5.74, 6) is -0.504. The highest BCUT2D eigenvalue weighted by Crippen LogP contribution is 2.32. The topological polar surface area (TPSA) is 51.2 Å². The molecule has 1 heterocycles. The van der Waals surface area contributed by atoms with Gasteiger partial charge in [0.15, 0.2) is 0 Å². The van der Waals surface area contributed by atoms with Crippen LogP contribution in [0, 0.1) is 0 Å². The van der Waals surface area contributed by atoms with Crippen molar-refractivity contribution in [2.75, 3.05) is 20.7 Å². The molecule has 4 nitrogen and oxygen atoms in total. The number of ether oxygens (including phenoxy) is 1. The summed E-state index contributed by atoms with van der Waals surface area (Å²) in [6, 6.07) is 2.14. The van der Waals surface area contributed by atoms with Crippen LogP contribution in [0.25, 0.3) is 0 Å². The Bertz CT molecular complexity index is 465. The maximum atomic E-state index is 12.5. The zero-order valence-electron chi connectivity index (χ0n) is 12.0. The number of esters is 1. The van der Waals surface area contributed by atoms with Gasteiger partial charge in [-0.15, -0.1) is 12.4 Å². The van der Waals surface area contributed by atoms with E-state index in [1.807, 2.05) is 0 Å². The quantitative estimate of drug-likeness (QED) is 0.845. The fourth-order valence-electron chi connectivity index (χ4n) is 2.11. The molecule has 0 aliphatic carbocycles. The second-order valence-electron chi connectivity index (χ2n) is 4.39. The minimum absolute atomic E-state index is 0. The van der Waals surface area contributed by atoms with E-state index in [0.29, 0.717) is 12.0 Å². The Morgan fingerprint density at radius 2 is 2.00 bits per heavy atom. The molecule has 1 aromatic heterocycles. The van der Waals surface area contributed by atoms with Crippen molar-refractivity contribution in [3.63, 3.8) is 0 Å². The molecular weight excluding hydrogens is 309 g/mol. The molecule has 120 valence electrons. The molecule has 0 fully saturated rings. The predicted octanol–water partition coefficient (Wildman–Crippen LogP) is 2.56. The second-order valence-corrected chi connectivity index (χ2v) is 4.39. The summed E-state index contributed by atoms with van der Waals surface area (Å²) in [5.41, 5.74) is -1.63.